The molecule has 18 heavy (non-hydrogen) atoms. The van der Waals surface area contributed by atoms with Crippen molar-refractivity contribution in [3.63, 3.8) is 0 Å². The van der Waals surface area contributed by atoms with E-state index in [-0.39, 0.29) is 5.91 Å². The molecule has 1 amide bonds. The number of nitrogens with one attached hydrogen (secondary N) is 2. The van der Waals surface area contributed by atoms with Crippen LogP contribution in [0.15, 0.2) is 18.3 Å². The minimum Gasteiger partial charge on any atom is -0.351 e. The second kappa shape index (κ2) is 6.05. The molecule has 1 aliphatic heterocycles. The quantitative estimate of drug-likeness (QED) is 0.837. The summed E-state index contributed by atoms with van der Waals surface area (Å²) in [5, 5.41) is 6.45. The van der Waals surface area contributed by atoms with Crippen molar-refractivity contribution >= 4 is 5.91 Å². The average molecular weight is 249 g/mol. The Balaban J connectivity index is 1.81. The minimum atomic E-state index is 0.0340. The van der Waals surface area contributed by atoms with Gasteiger partial charge in [-0.1, -0.05) is 0 Å². The molecule has 2 N–H and O–H groups in total. The molecule has 0 unspecified atom stereocenters. The molecule has 2 heterocycles. The summed E-state index contributed by atoms with van der Waals surface area (Å²) in [6.07, 6.45) is 5.47. The molecule has 1 fully saturated rings. The van der Waals surface area contributed by atoms with Gasteiger partial charge in [-0.2, -0.15) is 0 Å². The van der Waals surface area contributed by atoms with Crippen LogP contribution in [0.1, 0.15) is 49.6 Å². The molecule has 4 heteroatoms. The Morgan fingerprint density at radius 3 is 3.11 bits per heavy atom. The van der Waals surface area contributed by atoms with Crippen LogP contribution in [-0.2, 0) is 0 Å². The van der Waals surface area contributed by atoms with Crippen LogP contribution < -0.4 is 10.6 Å². The van der Waals surface area contributed by atoms with E-state index in [9.17, 15) is 4.79 Å². The van der Waals surface area contributed by atoms with Crippen molar-refractivity contribution in [2.24, 2.45) is 0 Å². The van der Waals surface area contributed by atoms with E-state index in [0.717, 1.165) is 25.2 Å². The lowest BCUT2D eigenvalue weighted by atomic mass is 10.1. The van der Waals surface area contributed by atoms with Gasteiger partial charge < -0.3 is 15.2 Å². The first-order valence-corrected chi connectivity index (χ1v) is 6.87. The SMILES string of the molecule is CC(C)n1cccc1C(=O)NCC[C@H]1CCCN1. The van der Waals surface area contributed by atoms with Gasteiger partial charge in [0, 0.05) is 24.8 Å². The van der Waals surface area contributed by atoms with E-state index in [0.29, 0.717) is 12.1 Å². The highest BCUT2D eigenvalue weighted by Crippen LogP contribution is 2.11. The van der Waals surface area contributed by atoms with Gasteiger partial charge in [-0.15, -0.1) is 0 Å². The normalized spacial score (nSPS) is 19.4. The van der Waals surface area contributed by atoms with Crippen molar-refractivity contribution < 1.29 is 4.79 Å². The first kappa shape index (κ1) is 13.1. The predicted molar refractivity (Wildman–Crippen MR) is 72.8 cm³/mol. The largest absolute Gasteiger partial charge is 0.351 e. The standard InChI is InChI=1S/C14H23N3O/c1-11(2)17-10-4-6-13(17)14(18)16-9-7-12-5-3-8-15-12/h4,6,10-12,15H,3,5,7-9H2,1-2H3,(H,16,18)/t12-/m1/s1. The Morgan fingerprint density at radius 2 is 2.44 bits per heavy atom. The van der Waals surface area contributed by atoms with E-state index in [1.165, 1.54) is 12.8 Å². The molecule has 0 saturated carbocycles. The monoisotopic (exact) mass is 249 g/mol. The molecule has 0 aliphatic carbocycles. The van der Waals surface area contributed by atoms with Gasteiger partial charge in [-0.3, -0.25) is 4.79 Å². The van der Waals surface area contributed by atoms with Crippen LogP contribution >= 0.6 is 0 Å². The molecule has 1 aliphatic rings. The van der Waals surface area contributed by atoms with Gasteiger partial charge >= 0.3 is 0 Å². The van der Waals surface area contributed by atoms with Crippen LogP contribution in [0.5, 0.6) is 0 Å². The molecule has 4 nitrogen and oxygen atoms in total. The van der Waals surface area contributed by atoms with Crippen LogP contribution in [0.25, 0.3) is 0 Å². The zero-order chi connectivity index (χ0) is 13.0. The topological polar surface area (TPSA) is 46.1 Å². The lowest BCUT2D eigenvalue weighted by Crippen LogP contribution is -2.31. The highest BCUT2D eigenvalue weighted by atomic mass is 16.1. The van der Waals surface area contributed by atoms with Gasteiger partial charge in [0.05, 0.1) is 0 Å². The summed E-state index contributed by atoms with van der Waals surface area (Å²) >= 11 is 0. The number of nitrogens with zero attached hydrogens (tertiary/aromatic N) is 1. The fourth-order valence-electron chi connectivity index (χ4n) is 2.49. The molecule has 0 radical (unpaired) electrons. The molecule has 1 aromatic rings. The third kappa shape index (κ3) is 3.13. The maximum absolute atomic E-state index is 12.1. The highest BCUT2D eigenvalue weighted by Gasteiger charge is 2.15. The summed E-state index contributed by atoms with van der Waals surface area (Å²) in [6, 6.07) is 4.70. The number of hydrogen-bond acceptors (Lipinski definition) is 2. The van der Waals surface area contributed by atoms with Crippen LogP contribution in [0.4, 0.5) is 0 Å². The summed E-state index contributed by atoms with van der Waals surface area (Å²) in [5.41, 5.74) is 0.754. The molecular formula is C14H23N3O. The van der Waals surface area contributed by atoms with Crippen molar-refractivity contribution in [2.75, 3.05) is 13.1 Å². The van der Waals surface area contributed by atoms with Crippen molar-refractivity contribution in [1.82, 2.24) is 15.2 Å². The number of hydrogen-bond donors (Lipinski definition) is 2. The van der Waals surface area contributed by atoms with Crippen molar-refractivity contribution in [3.05, 3.63) is 24.0 Å². The third-order valence-electron chi connectivity index (χ3n) is 3.51. The van der Waals surface area contributed by atoms with E-state index < -0.39 is 0 Å². The molecule has 2 rings (SSSR count). The Hall–Kier alpha value is -1.29. The van der Waals surface area contributed by atoms with E-state index in [4.69, 9.17) is 0 Å². The van der Waals surface area contributed by atoms with Crippen molar-refractivity contribution in [2.45, 2.75) is 45.2 Å². The summed E-state index contributed by atoms with van der Waals surface area (Å²) in [5.74, 6) is 0.0340. The van der Waals surface area contributed by atoms with Gasteiger partial charge in [0.1, 0.15) is 5.69 Å². The lowest BCUT2D eigenvalue weighted by molar-refractivity contribution is 0.0941. The Kier molecular flexibility index (Phi) is 4.42. The molecule has 0 bridgehead atoms. The summed E-state index contributed by atoms with van der Waals surface area (Å²) in [4.78, 5) is 12.1. The van der Waals surface area contributed by atoms with E-state index in [1.807, 2.05) is 22.9 Å². The fraction of sp³-hybridized carbons (Fsp3) is 0.643. The van der Waals surface area contributed by atoms with Crippen LogP contribution in [-0.4, -0.2) is 29.6 Å². The summed E-state index contributed by atoms with van der Waals surface area (Å²) < 4.78 is 2.00. The molecule has 0 spiro atoms. The zero-order valence-electron chi connectivity index (χ0n) is 11.3. The zero-order valence-corrected chi connectivity index (χ0v) is 11.3. The van der Waals surface area contributed by atoms with E-state index in [1.54, 1.807) is 0 Å². The highest BCUT2D eigenvalue weighted by molar-refractivity contribution is 5.92. The smallest absolute Gasteiger partial charge is 0.267 e. The predicted octanol–water partition coefficient (Wildman–Crippen LogP) is 1.94. The molecule has 1 saturated heterocycles. The van der Waals surface area contributed by atoms with Gasteiger partial charge in [-0.25, -0.2) is 0 Å². The second-order valence-corrected chi connectivity index (χ2v) is 5.23. The Morgan fingerprint density at radius 1 is 1.61 bits per heavy atom. The van der Waals surface area contributed by atoms with Gasteiger partial charge in [0.25, 0.3) is 5.91 Å². The first-order chi connectivity index (χ1) is 8.68. The van der Waals surface area contributed by atoms with Crippen LogP contribution in [0.3, 0.4) is 0 Å². The molecule has 0 aromatic carbocycles. The maximum atomic E-state index is 12.1. The molecule has 1 aromatic heterocycles. The lowest BCUT2D eigenvalue weighted by Gasteiger charge is -2.14. The summed E-state index contributed by atoms with van der Waals surface area (Å²) in [7, 11) is 0. The third-order valence-corrected chi connectivity index (χ3v) is 3.51. The number of aromatic nitrogens is 1. The molecular weight excluding hydrogens is 226 g/mol. The van der Waals surface area contributed by atoms with Crippen molar-refractivity contribution in [3.8, 4) is 0 Å². The van der Waals surface area contributed by atoms with E-state index in [2.05, 4.69) is 24.5 Å². The van der Waals surface area contributed by atoms with Crippen LogP contribution in [0.2, 0.25) is 0 Å². The van der Waals surface area contributed by atoms with Crippen molar-refractivity contribution in [1.29, 1.82) is 0 Å². The number of carbonyl (C=O) groups excluding carboxylic acids is 1. The first-order valence-electron chi connectivity index (χ1n) is 6.87. The van der Waals surface area contributed by atoms with Gasteiger partial charge in [0.2, 0.25) is 0 Å². The molecule has 1 atom stereocenters. The van der Waals surface area contributed by atoms with Gasteiger partial charge in [-0.05, 0) is 51.8 Å². The maximum Gasteiger partial charge on any atom is 0.267 e. The summed E-state index contributed by atoms with van der Waals surface area (Å²) in [6.45, 7) is 6.03. The van der Waals surface area contributed by atoms with Crippen LogP contribution in [0, 0.1) is 0 Å². The molecule has 100 valence electrons. The average Bonchev–Trinajstić information content (AvgIpc) is 2.99. The number of carbonyl (C=O) groups is 1. The Bertz CT molecular complexity index is 391. The fourth-order valence-corrected chi connectivity index (χ4v) is 2.49. The number of amides is 1. The minimum absolute atomic E-state index is 0.0340. The number of rotatable bonds is 5. The second-order valence-electron chi connectivity index (χ2n) is 5.23. The van der Waals surface area contributed by atoms with E-state index >= 15 is 0 Å². The van der Waals surface area contributed by atoms with Gasteiger partial charge in [0.15, 0.2) is 0 Å². The Labute approximate surface area is 109 Å².